The third-order valence-corrected chi connectivity index (χ3v) is 3.83. The summed E-state index contributed by atoms with van der Waals surface area (Å²) in [5.74, 6) is -2.20. The molecule has 5 nitrogen and oxygen atoms in total. The van der Waals surface area contributed by atoms with Crippen molar-refractivity contribution >= 4 is 17.5 Å². The number of nitrogens with zero attached hydrogens (tertiary/aromatic N) is 2. The van der Waals surface area contributed by atoms with Gasteiger partial charge < -0.3 is 10.6 Å². The molecule has 3 rings (SSSR count). The van der Waals surface area contributed by atoms with Crippen molar-refractivity contribution in [3.05, 3.63) is 83.7 Å². The van der Waals surface area contributed by atoms with Crippen LogP contribution in [0.1, 0.15) is 22.5 Å². The summed E-state index contributed by atoms with van der Waals surface area (Å²) in [5.41, 5.74) is 1.52. The molecule has 27 heavy (non-hydrogen) atoms. The molecular formula is C20H18F2N4O. The van der Waals surface area contributed by atoms with E-state index in [0.29, 0.717) is 12.5 Å². The van der Waals surface area contributed by atoms with Gasteiger partial charge in [-0.25, -0.2) is 18.7 Å². The number of hydrogen-bond donors (Lipinski definition) is 2. The highest BCUT2D eigenvalue weighted by molar-refractivity contribution is 6.02. The van der Waals surface area contributed by atoms with Gasteiger partial charge in [0.2, 0.25) is 5.95 Å². The summed E-state index contributed by atoms with van der Waals surface area (Å²) in [4.78, 5) is 20.5. The van der Waals surface area contributed by atoms with E-state index >= 15 is 0 Å². The van der Waals surface area contributed by atoms with Crippen molar-refractivity contribution in [3.8, 4) is 0 Å². The zero-order chi connectivity index (χ0) is 19.1. The van der Waals surface area contributed by atoms with Gasteiger partial charge in [-0.15, -0.1) is 0 Å². The van der Waals surface area contributed by atoms with E-state index in [4.69, 9.17) is 0 Å². The Morgan fingerprint density at radius 1 is 1.00 bits per heavy atom. The van der Waals surface area contributed by atoms with Crippen molar-refractivity contribution in [2.24, 2.45) is 0 Å². The average Bonchev–Trinajstić information content (AvgIpc) is 2.69. The summed E-state index contributed by atoms with van der Waals surface area (Å²) in [6.07, 6.45) is 3.27. The monoisotopic (exact) mass is 368 g/mol. The summed E-state index contributed by atoms with van der Waals surface area (Å²) in [5, 5.41) is 5.56. The Morgan fingerprint density at radius 3 is 2.59 bits per heavy atom. The molecule has 0 saturated carbocycles. The number of amides is 1. The summed E-state index contributed by atoms with van der Waals surface area (Å²) >= 11 is 0. The molecule has 7 heteroatoms. The molecule has 0 saturated heterocycles. The van der Waals surface area contributed by atoms with E-state index in [1.165, 1.54) is 23.9 Å². The zero-order valence-electron chi connectivity index (χ0n) is 14.5. The summed E-state index contributed by atoms with van der Waals surface area (Å²) in [7, 11) is 0. The molecule has 0 spiro atoms. The summed E-state index contributed by atoms with van der Waals surface area (Å²) in [6, 6.07) is 14.7. The van der Waals surface area contributed by atoms with Crippen LogP contribution < -0.4 is 10.6 Å². The van der Waals surface area contributed by atoms with Crippen molar-refractivity contribution in [3.63, 3.8) is 0 Å². The van der Waals surface area contributed by atoms with Crippen LogP contribution in [0.15, 0.2) is 60.8 Å². The Balaban J connectivity index is 1.54. The molecule has 0 aliphatic carbocycles. The minimum absolute atomic E-state index is 0.125. The third-order valence-electron chi connectivity index (χ3n) is 3.83. The Labute approximate surface area is 155 Å². The molecule has 1 amide bonds. The Kier molecular flexibility index (Phi) is 6.04. The predicted molar refractivity (Wildman–Crippen MR) is 99.6 cm³/mol. The first-order chi connectivity index (χ1) is 13.1. The standard InChI is InChI=1S/C20H18F2N4O/c21-16-9-8-15(13-17(16)22)25-19(27)18-10-12-24-20(26-18)23-11-4-7-14-5-2-1-3-6-14/h1-3,5-6,8-10,12-13H,4,7,11H2,(H,25,27)(H,23,24,26). The highest BCUT2D eigenvalue weighted by Gasteiger charge is 2.11. The normalized spacial score (nSPS) is 10.4. The van der Waals surface area contributed by atoms with Gasteiger partial charge in [-0.1, -0.05) is 30.3 Å². The molecule has 2 aromatic carbocycles. The first-order valence-corrected chi connectivity index (χ1v) is 8.49. The zero-order valence-corrected chi connectivity index (χ0v) is 14.5. The second-order valence-corrected chi connectivity index (χ2v) is 5.86. The number of aryl methyl sites for hydroxylation is 1. The van der Waals surface area contributed by atoms with E-state index in [1.54, 1.807) is 0 Å². The predicted octanol–water partition coefficient (Wildman–Crippen LogP) is 4.05. The number of benzene rings is 2. The Morgan fingerprint density at radius 2 is 1.81 bits per heavy atom. The van der Waals surface area contributed by atoms with E-state index in [2.05, 4.69) is 32.7 Å². The van der Waals surface area contributed by atoms with Gasteiger partial charge in [0.05, 0.1) is 0 Å². The van der Waals surface area contributed by atoms with E-state index in [1.807, 2.05) is 18.2 Å². The quantitative estimate of drug-likeness (QED) is 0.618. The van der Waals surface area contributed by atoms with Crippen LogP contribution in [-0.4, -0.2) is 22.4 Å². The van der Waals surface area contributed by atoms with E-state index in [0.717, 1.165) is 25.0 Å². The molecule has 2 N–H and O–H groups in total. The highest BCUT2D eigenvalue weighted by atomic mass is 19.2. The Hall–Kier alpha value is -3.35. The molecule has 0 radical (unpaired) electrons. The number of nitrogens with one attached hydrogen (secondary N) is 2. The van der Waals surface area contributed by atoms with E-state index in [9.17, 15) is 13.6 Å². The van der Waals surface area contributed by atoms with Crippen LogP contribution in [0.5, 0.6) is 0 Å². The van der Waals surface area contributed by atoms with Crippen molar-refractivity contribution in [1.82, 2.24) is 9.97 Å². The number of hydrogen-bond acceptors (Lipinski definition) is 4. The van der Waals surface area contributed by atoms with Crippen LogP contribution in [0.4, 0.5) is 20.4 Å². The largest absolute Gasteiger partial charge is 0.354 e. The molecule has 0 aliphatic rings. The van der Waals surface area contributed by atoms with Crippen LogP contribution in [0.2, 0.25) is 0 Å². The van der Waals surface area contributed by atoms with Gasteiger partial charge in [-0.05, 0) is 36.6 Å². The lowest BCUT2D eigenvalue weighted by molar-refractivity contribution is 0.102. The molecule has 1 aromatic heterocycles. The summed E-state index contributed by atoms with van der Waals surface area (Å²) < 4.78 is 26.2. The van der Waals surface area contributed by atoms with Gasteiger partial charge in [0.25, 0.3) is 5.91 Å². The first kappa shape index (κ1) is 18.4. The fourth-order valence-corrected chi connectivity index (χ4v) is 2.48. The molecule has 0 unspecified atom stereocenters. The lowest BCUT2D eigenvalue weighted by atomic mass is 10.1. The number of carbonyl (C=O) groups excluding carboxylic acids is 1. The number of aromatic nitrogens is 2. The molecule has 0 atom stereocenters. The topological polar surface area (TPSA) is 66.9 Å². The second-order valence-electron chi connectivity index (χ2n) is 5.86. The van der Waals surface area contributed by atoms with Crippen molar-refractivity contribution in [1.29, 1.82) is 0 Å². The second kappa shape index (κ2) is 8.84. The first-order valence-electron chi connectivity index (χ1n) is 8.49. The van der Waals surface area contributed by atoms with Crippen molar-refractivity contribution in [2.45, 2.75) is 12.8 Å². The SMILES string of the molecule is O=C(Nc1ccc(F)c(F)c1)c1ccnc(NCCCc2ccccc2)n1. The lowest BCUT2D eigenvalue weighted by Gasteiger charge is -2.08. The van der Waals surface area contributed by atoms with Crippen LogP contribution in [0, 0.1) is 11.6 Å². The van der Waals surface area contributed by atoms with Crippen LogP contribution in [0.25, 0.3) is 0 Å². The maximum absolute atomic E-state index is 13.2. The Bertz CT molecular complexity index is 919. The maximum Gasteiger partial charge on any atom is 0.274 e. The van der Waals surface area contributed by atoms with Crippen molar-refractivity contribution in [2.75, 3.05) is 17.2 Å². The van der Waals surface area contributed by atoms with Gasteiger partial charge >= 0.3 is 0 Å². The molecule has 0 bridgehead atoms. The van der Waals surface area contributed by atoms with Gasteiger partial charge in [0, 0.05) is 24.5 Å². The van der Waals surface area contributed by atoms with Gasteiger partial charge in [0.1, 0.15) is 5.69 Å². The lowest BCUT2D eigenvalue weighted by Crippen LogP contribution is -2.16. The number of anilines is 2. The maximum atomic E-state index is 13.2. The fourth-order valence-electron chi connectivity index (χ4n) is 2.48. The van der Waals surface area contributed by atoms with Crippen LogP contribution in [-0.2, 0) is 6.42 Å². The van der Waals surface area contributed by atoms with Crippen molar-refractivity contribution < 1.29 is 13.6 Å². The molecule has 3 aromatic rings. The highest BCUT2D eigenvalue weighted by Crippen LogP contribution is 2.14. The van der Waals surface area contributed by atoms with E-state index < -0.39 is 17.5 Å². The van der Waals surface area contributed by atoms with Gasteiger partial charge in [-0.3, -0.25) is 4.79 Å². The fraction of sp³-hybridized carbons (Fsp3) is 0.150. The third kappa shape index (κ3) is 5.31. The number of halogens is 2. The average molecular weight is 368 g/mol. The molecule has 138 valence electrons. The molecule has 0 fully saturated rings. The molecular weight excluding hydrogens is 350 g/mol. The number of carbonyl (C=O) groups is 1. The van der Waals surface area contributed by atoms with Gasteiger partial charge in [-0.2, -0.15) is 0 Å². The van der Waals surface area contributed by atoms with Crippen LogP contribution >= 0.6 is 0 Å². The molecule has 0 aliphatic heterocycles. The van der Waals surface area contributed by atoms with Crippen LogP contribution in [0.3, 0.4) is 0 Å². The van der Waals surface area contributed by atoms with E-state index in [-0.39, 0.29) is 11.4 Å². The van der Waals surface area contributed by atoms with Gasteiger partial charge in [0.15, 0.2) is 11.6 Å². The summed E-state index contributed by atoms with van der Waals surface area (Å²) in [6.45, 7) is 0.656. The minimum atomic E-state index is -1.03. The smallest absolute Gasteiger partial charge is 0.274 e. The minimum Gasteiger partial charge on any atom is -0.354 e. The molecule has 1 heterocycles. The number of rotatable bonds is 7.